The van der Waals surface area contributed by atoms with Crippen LogP contribution in [0, 0.1) is 0 Å². The van der Waals surface area contributed by atoms with E-state index in [2.05, 4.69) is 20.8 Å². The third-order valence-electron chi connectivity index (χ3n) is 1.42. The fourth-order valence-electron chi connectivity index (χ4n) is 0.946. The molecule has 3 N–H and O–H groups in total. The van der Waals surface area contributed by atoms with Gasteiger partial charge in [0.25, 0.3) is 0 Å². The second-order valence-corrected chi connectivity index (χ2v) is 2.05. The quantitative estimate of drug-likeness (QED) is 0.452. The number of hydrogen-bond donors (Lipinski definition) is 3. The molecule has 0 bridgehead atoms. The smallest absolute Gasteiger partial charge is 0.126 e. The minimum atomic E-state index is 0.829. The number of hydrogen-bond acceptors (Lipinski definition) is 3. The minimum absolute atomic E-state index is 0.829. The maximum atomic E-state index is 3.88. The number of anilines is 1. The summed E-state index contributed by atoms with van der Waals surface area (Å²) in [6.45, 7) is 1.74. The first-order valence-electron chi connectivity index (χ1n) is 2.93. The van der Waals surface area contributed by atoms with Crippen molar-refractivity contribution in [2.24, 2.45) is 0 Å². The van der Waals surface area contributed by atoms with Crippen LogP contribution >= 0.6 is 0 Å². The molecule has 0 saturated carbocycles. The van der Waals surface area contributed by atoms with Gasteiger partial charge in [0.2, 0.25) is 0 Å². The first-order chi connectivity index (χ1) is 4.47. The molecule has 2 rings (SSSR count). The van der Waals surface area contributed by atoms with Gasteiger partial charge < -0.3 is 5.32 Å². The first kappa shape index (κ1) is 4.81. The summed E-state index contributed by atoms with van der Waals surface area (Å²) in [6.07, 6.45) is 1.83. The lowest BCUT2D eigenvalue weighted by molar-refractivity contribution is 0.708. The van der Waals surface area contributed by atoms with Gasteiger partial charge in [0.15, 0.2) is 0 Å². The van der Waals surface area contributed by atoms with E-state index in [1.807, 2.05) is 6.20 Å². The largest absolute Gasteiger partial charge is 0.358 e. The normalized spacial score (nSPS) is 16.4. The third-order valence-corrected chi connectivity index (χ3v) is 1.42. The Balaban J connectivity index is 2.39. The minimum Gasteiger partial charge on any atom is -0.358 e. The summed E-state index contributed by atoms with van der Waals surface area (Å²) in [6, 6.07) is 0. The lowest BCUT2D eigenvalue weighted by Gasteiger charge is -2.13. The van der Waals surface area contributed by atoms with E-state index in [-0.39, 0.29) is 0 Å². The Kier molecular flexibility index (Phi) is 0.927. The summed E-state index contributed by atoms with van der Waals surface area (Å²) in [5.74, 6) is 1.05. The number of nitrogens with one attached hydrogen (secondary N) is 3. The molecule has 1 aromatic rings. The van der Waals surface area contributed by atoms with Crippen LogP contribution < -0.4 is 10.6 Å². The van der Waals surface area contributed by atoms with Crippen LogP contribution in [0.4, 0.5) is 5.82 Å². The number of aromatic amines is 1. The van der Waals surface area contributed by atoms with Crippen molar-refractivity contribution < 1.29 is 0 Å². The predicted molar refractivity (Wildman–Crippen MR) is 33.9 cm³/mol. The molecular weight excluding hydrogens is 116 g/mol. The molecule has 0 atom stereocenters. The Morgan fingerprint density at radius 2 is 2.56 bits per heavy atom. The van der Waals surface area contributed by atoms with E-state index in [9.17, 15) is 0 Å². The zero-order valence-corrected chi connectivity index (χ0v) is 4.94. The summed E-state index contributed by atoms with van der Waals surface area (Å²) in [4.78, 5) is 0. The van der Waals surface area contributed by atoms with Crippen LogP contribution in [0.3, 0.4) is 0 Å². The average molecular weight is 124 g/mol. The van der Waals surface area contributed by atoms with Crippen LogP contribution in [0.15, 0.2) is 6.20 Å². The molecule has 1 aliphatic heterocycles. The van der Waals surface area contributed by atoms with Gasteiger partial charge in [-0.1, -0.05) is 0 Å². The molecule has 0 aromatic carbocycles. The highest BCUT2D eigenvalue weighted by atomic mass is 15.2. The maximum absolute atomic E-state index is 3.88. The Hall–Kier alpha value is -1.03. The van der Waals surface area contributed by atoms with Gasteiger partial charge in [-0.05, 0) is 0 Å². The molecular formula is C5H8N4. The molecule has 0 saturated heterocycles. The predicted octanol–water partition coefficient (Wildman–Crippen LogP) is -0.118. The van der Waals surface area contributed by atoms with Crippen molar-refractivity contribution in [3.05, 3.63) is 11.8 Å². The van der Waals surface area contributed by atoms with Crippen molar-refractivity contribution in [1.82, 2.24) is 15.5 Å². The SMILES string of the molecule is c1n[nH]c2c1CNCN2. The van der Waals surface area contributed by atoms with Crippen LogP contribution in [0.25, 0.3) is 0 Å². The van der Waals surface area contributed by atoms with Crippen molar-refractivity contribution >= 4 is 5.82 Å². The number of aromatic nitrogens is 2. The summed E-state index contributed by atoms with van der Waals surface area (Å²) >= 11 is 0. The van der Waals surface area contributed by atoms with Crippen LogP contribution in [-0.4, -0.2) is 16.9 Å². The molecule has 1 aromatic heterocycles. The number of H-pyrrole nitrogens is 1. The molecule has 0 fully saturated rings. The zero-order valence-electron chi connectivity index (χ0n) is 4.94. The summed E-state index contributed by atoms with van der Waals surface area (Å²) < 4.78 is 0. The molecule has 4 heteroatoms. The second kappa shape index (κ2) is 1.73. The van der Waals surface area contributed by atoms with Gasteiger partial charge >= 0.3 is 0 Å². The number of fused-ring (bicyclic) bond motifs is 1. The highest BCUT2D eigenvalue weighted by Gasteiger charge is 2.07. The summed E-state index contributed by atoms with van der Waals surface area (Å²) in [5, 5.41) is 13.0. The summed E-state index contributed by atoms with van der Waals surface area (Å²) in [5.41, 5.74) is 1.21. The van der Waals surface area contributed by atoms with E-state index in [1.54, 1.807) is 0 Å². The molecule has 0 spiro atoms. The van der Waals surface area contributed by atoms with Gasteiger partial charge in [0, 0.05) is 12.1 Å². The van der Waals surface area contributed by atoms with Crippen LogP contribution in [0.2, 0.25) is 0 Å². The van der Waals surface area contributed by atoms with Gasteiger partial charge in [-0.3, -0.25) is 10.4 Å². The Morgan fingerprint density at radius 3 is 3.44 bits per heavy atom. The van der Waals surface area contributed by atoms with E-state index in [1.165, 1.54) is 5.56 Å². The van der Waals surface area contributed by atoms with Crippen LogP contribution in [-0.2, 0) is 6.54 Å². The average Bonchev–Trinajstić information content (AvgIpc) is 2.33. The van der Waals surface area contributed by atoms with Crippen molar-refractivity contribution in [1.29, 1.82) is 0 Å². The Morgan fingerprint density at radius 1 is 1.56 bits per heavy atom. The van der Waals surface area contributed by atoms with Crippen molar-refractivity contribution in [3.8, 4) is 0 Å². The molecule has 0 radical (unpaired) electrons. The standard InChI is InChI=1S/C5H8N4/c1-4-2-8-9-5(4)7-3-6-1/h2,6H,1,3H2,(H2,7,8,9). The molecule has 0 amide bonds. The highest BCUT2D eigenvalue weighted by Crippen LogP contribution is 2.11. The molecule has 1 aliphatic rings. The van der Waals surface area contributed by atoms with Gasteiger partial charge in [0.05, 0.1) is 12.9 Å². The van der Waals surface area contributed by atoms with E-state index in [0.29, 0.717) is 0 Å². The van der Waals surface area contributed by atoms with E-state index < -0.39 is 0 Å². The molecule has 9 heavy (non-hydrogen) atoms. The lowest BCUT2D eigenvalue weighted by Crippen LogP contribution is -2.26. The lowest BCUT2D eigenvalue weighted by atomic mass is 10.3. The third kappa shape index (κ3) is 0.675. The monoisotopic (exact) mass is 124 g/mol. The van der Waals surface area contributed by atoms with Crippen molar-refractivity contribution in [2.45, 2.75) is 6.54 Å². The topological polar surface area (TPSA) is 52.7 Å². The number of rotatable bonds is 0. The summed E-state index contributed by atoms with van der Waals surface area (Å²) in [7, 11) is 0. The zero-order chi connectivity index (χ0) is 6.10. The molecule has 4 nitrogen and oxygen atoms in total. The van der Waals surface area contributed by atoms with E-state index in [4.69, 9.17) is 0 Å². The molecule has 2 heterocycles. The fraction of sp³-hybridized carbons (Fsp3) is 0.400. The second-order valence-electron chi connectivity index (χ2n) is 2.05. The van der Waals surface area contributed by atoms with Crippen LogP contribution in [0.1, 0.15) is 5.56 Å². The van der Waals surface area contributed by atoms with Crippen molar-refractivity contribution in [2.75, 3.05) is 12.0 Å². The first-order valence-corrected chi connectivity index (χ1v) is 2.93. The van der Waals surface area contributed by atoms with Gasteiger partial charge in [-0.25, -0.2) is 0 Å². The Labute approximate surface area is 52.7 Å². The molecule has 0 unspecified atom stereocenters. The van der Waals surface area contributed by atoms with E-state index >= 15 is 0 Å². The van der Waals surface area contributed by atoms with Gasteiger partial charge in [-0.15, -0.1) is 0 Å². The fourth-order valence-corrected chi connectivity index (χ4v) is 0.946. The molecule has 0 aliphatic carbocycles. The van der Waals surface area contributed by atoms with Gasteiger partial charge in [-0.2, -0.15) is 5.10 Å². The number of nitrogens with zero attached hydrogens (tertiary/aromatic N) is 1. The van der Waals surface area contributed by atoms with E-state index in [0.717, 1.165) is 19.0 Å². The van der Waals surface area contributed by atoms with Gasteiger partial charge in [0.1, 0.15) is 5.82 Å². The van der Waals surface area contributed by atoms with Crippen molar-refractivity contribution in [3.63, 3.8) is 0 Å². The van der Waals surface area contributed by atoms with Crippen LogP contribution in [0.5, 0.6) is 0 Å². The molecule has 48 valence electrons. The Bertz CT molecular complexity index is 184. The highest BCUT2D eigenvalue weighted by molar-refractivity contribution is 5.43. The maximum Gasteiger partial charge on any atom is 0.126 e.